The minimum Gasteiger partial charge on any atom is -0.494 e. The molecule has 8 heteroatoms. The molecule has 0 fully saturated rings. The Kier molecular flexibility index (Phi) is 7.37. The maximum Gasteiger partial charge on any atom is 0.341 e. The zero-order valence-electron chi connectivity index (χ0n) is 19.4. The van der Waals surface area contributed by atoms with Crippen LogP contribution in [0.25, 0.3) is 0 Å². The quantitative estimate of drug-likeness (QED) is 0.317. The third-order valence-electron chi connectivity index (χ3n) is 5.55. The van der Waals surface area contributed by atoms with Gasteiger partial charge in [-0.05, 0) is 60.9 Å². The second-order valence-corrected chi connectivity index (χ2v) is 9.00. The van der Waals surface area contributed by atoms with Crippen molar-refractivity contribution in [1.82, 2.24) is 0 Å². The lowest BCUT2D eigenvalue weighted by atomic mass is 10.1. The standard InChI is InChI=1S/C26H27NO6S/c1-4-5-12-31-19-9-7-18(8-10-19)24(28)27-25-23(26(29)30-3)16(2)22(34-25)14-17-6-11-20-21(13-17)33-15-32-20/h6-11,13H,4-5,12,14-15H2,1-3H3,(H,27,28). The summed E-state index contributed by atoms with van der Waals surface area (Å²) in [6.45, 7) is 4.83. The van der Waals surface area contributed by atoms with E-state index >= 15 is 0 Å². The lowest BCUT2D eigenvalue weighted by molar-refractivity contribution is 0.0601. The van der Waals surface area contributed by atoms with Crippen LogP contribution in [0.5, 0.6) is 17.2 Å². The minimum absolute atomic E-state index is 0.214. The average Bonchev–Trinajstić information content (AvgIpc) is 3.43. The van der Waals surface area contributed by atoms with Crippen LogP contribution in [0.4, 0.5) is 5.00 Å². The van der Waals surface area contributed by atoms with Gasteiger partial charge in [0.05, 0.1) is 19.3 Å². The second-order valence-electron chi connectivity index (χ2n) is 7.89. The molecule has 4 rings (SSSR count). The summed E-state index contributed by atoms with van der Waals surface area (Å²) in [6, 6.07) is 12.7. The largest absolute Gasteiger partial charge is 0.494 e. The number of benzene rings is 2. The van der Waals surface area contributed by atoms with Crippen molar-refractivity contribution in [2.75, 3.05) is 25.8 Å². The van der Waals surface area contributed by atoms with Crippen LogP contribution in [0.15, 0.2) is 42.5 Å². The van der Waals surface area contributed by atoms with Gasteiger partial charge in [0.15, 0.2) is 11.5 Å². The van der Waals surface area contributed by atoms with E-state index in [4.69, 9.17) is 18.9 Å². The molecule has 3 aromatic rings. The van der Waals surface area contributed by atoms with E-state index in [9.17, 15) is 9.59 Å². The lowest BCUT2D eigenvalue weighted by Crippen LogP contribution is -2.14. The number of methoxy groups -OCH3 is 1. The monoisotopic (exact) mass is 481 g/mol. The maximum absolute atomic E-state index is 12.9. The predicted molar refractivity (Wildman–Crippen MR) is 131 cm³/mol. The van der Waals surface area contributed by atoms with Gasteiger partial charge in [-0.3, -0.25) is 4.79 Å². The molecule has 2 aromatic carbocycles. The van der Waals surface area contributed by atoms with E-state index in [-0.39, 0.29) is 12.7 Å². The molecular weight excluding hydrogens is 454 g/mol. The van der Waals surface area contributed by atoms with E-state index in [0.29, 0.717) is 34.9 Å². The van der Waals surface area contributed by atoms with Gasteiger partial charge in [-0.15, -0.1) is 11.3 Å². The minimum atomic E-state index is -0.486. The van der Waals surface area contributed by atoms with Crippen molar-refractivity contribution in [2.24, 2.45) is 0 Å². The van der Waals surface area contributed by atoms with Crippen LogP contribution < -0.4 is 19.5 Å². The first-order valence-electron chi connectivity index (χ1n) is 11.1. The Balaban J connectivity index is 1.53. The van der Waals surface area contributed by atoms with Crippen molar-refractivity contribution in [3.05, 3.63) is 69.6 Å². The highest BCUT2D eigenvalue weighted by molar-refractivity contribution is 7.17. The van der Waals surface area contributed by atoms with Crippen LogP contribution in [0.1, 0.15) is 56.5 Å². The average molecular weight is 482 g/mol. The van der Waals surface area contributed by atoms with E-state index in [0.717, 1.165) is 40.3 Å². The van der Waals surface area contributed by atoms with Crippen molar-refractivity contribution in [3.63, 3.8) is 0 Å². The van der Waals surface area contributed by atoms with Crippen molar-refractivity contribution in [1.29, 1.82) is 0 Å². The fourth-order valence-electron chi connectivity index (χ4n) is 3.61. The fraction of sp³-hybridized carbons (Fsp3) is 0.308. The summed E-state index contributed by atoms with van der Waals surface area (Å²) < 4.78 is 21.5. The molecule has 0 atom stereocenters. The molecule has 1 aliphatic heterocycles. The van der Waals surface area contributed by atoms with E-state index in [1.165, 1.54) is 18.4 Å². The normalized spacial score (nSPS) is 11.9. The molecule has 0 aliphatic carbocycles. The van der Waals surface area contributed by atoms with Crippen LogP contribution in [-0.2, 0) is 11.2 Å². The third-order valence-corrected chi connectivity index (χ3v) is 6.75. The van der Waals surface area contributed by atoms with E-state index in [1.54, 1.807) is 24.3 Å². The predicted octanol–water partition coefficient (Wildman–Crippen LogP) is 5.59. The number of esters is 1. The number of amides is 1. The Morgan fingerprint density at radius 2 is 1.85 bits per heavy atom. The molecule has 1 aliphatic rings. The summed E-state index contributed by atoms with van der Waals surface area (Å²) in [5.74, 6) is 1.35. The number of thiophene rings is 1. The van der Waals surface area contributed by atoms with Crippen LogP contribution in [0.3, 0.4) is 0 Å². The Hall–Kier alpha value is -3.52. The first-order chi connectivity index (χ1) is 16.5. The molecule has 34 heavy (non-hydrogen) atoms. The number of carbonyl (C=O) groups is 2. The van der Waals surface area contributed by atoms with Gasteiger partial charge in [-0.1, -0.05) is 19.4 Å². The topological polar surface area (TPSA) is 83.1 Å². The molecular formula is C26H27NO6S. The zero-order valence-corrected chi connectivity index (χ0v) is 20.3. The number of hydrogen-bond donors (Lipinski definition) is 1. The Morgan fingerprint density at radius 3 is 2.59 bits per heavy atom. The van der Waals surface area contributed by atoms with Crippen LogP contribution in [-0.4, -0.2) is 32.4 Å². The number of carbonyl (C=O) groups excluding carboxylic acids is 2. The van der Waals surface area contributed by atoms with Crippen molar-refractivity contribution >= 4 is 28.2 Å². The molecule has 1 N–H and O–H groups in total. The van der Waals surface area contributed by atoms with Gasteiger partial charge in [-0.2, -0.15) is 0 Å². The highest BCUT2D eigenvalue weighted by Gasteiger charge is 2.24. The summed E-state index contributed by atoms with van der Waals surface area (Å²) >= 11 is 1.37. The second kappa shape index (κ2) is 10.6. The molecule has 0 bridgehead atoms. The molecule has 1 amide bonds. The van der Waals surface area contributed by atoms with Crippen LogP contribution in [0.2, 0.25) is 0 Å². The van der Waals surface area contributed by atoms with Crippen molar-refractivity contribution < 1.29 is 28.5 Å². The van der Waals surface area contributed by atoms with Gasteiger partial charge in [0, 0.05) is 16.9 Å². The molecule has 1 aromatic heterocycles. The molecule has 0 spiro atoms. The summed E-state index contributed by atoms with van der Waals surface area (Å²) in [6.07, 6.45) is 2.61. The summed E-state index contributed by atoms with van der Waals surface area (Å²) in [5, 5.41) is 3.36. The van der Waals surface area contributed by atoms with Crippen LogP contribution >= 0.6 is 11.3 Å². The van der Waals surface area contributed by atoms with Gasteiger partial charge in [-0.25, -0.2) is 4.79 Å². The maximum atomic E-state index is 12.9. The van der Waals surface area contributed by atoms with Crippen molar-refractivity contribution in [3.8, 4) is 17.2 Å². The fourth-order valence-corrected chi connectivity index (χ4v) is 4.84. The number of fused-ring (bicyclic) bond motifs is 1. The molecule has 0 saturated heterocycles. The first kappa shape index (κ1) is 23.6. The number of unbranched alkanes of at least 4 members (excludes halogenated alkanes) is 1. The smallest absolute Gasteiger partial charge is 0.341 e. The summed E-state index contributed by atoms with van der Waals surface area (Å²) in [5.41, 5.74) is 2.64. The number of ether oxygens (including phenoxy) is 4. The molecule has 0 saturated carbocycles. The van der Waals surface area contributed by atoms with E-state index in [1.807, 2.05) is 25.1 Å². The van der Waals surface area contributed by atoms with Gasteiger partial charge < -0.3 is 24.3 Å². The van der Waals surface area contributed by atoms with Gasteiger partial charge in [0.2, 0.25) is 6.79 Å². The summed E-state index contributed by atoms with van der Waals surface area (Å²) in [7, 11) is 1.33. The van der Waals surface area contributed by atoms with Crippen molar-refractivity contribution in [2.45, 2.75) is 33.1 Å². The number of rotatable bonds is 9. The molecule has 178 valence electrons. The van der Waals surface area contributed by atoms with Gasteiger partial charge in [0.25, 0.3) is 5.91 Å². The third kappa shape index (κ3) is 5.17. The Bertz CT molecular complexity index is 1180. The lowest BCUT2D eigenvalue weighted by Gasteiger charge is -2.08. The molecule has 0 radical (unpaired) electrons. The Morgan fingerprint density at radius 1 is 1.09 bits per heavy atom. The molecule has 7 nitrogen and oxygen atoms in total. The van der Waals surface area contributed by atoms with E-state index < -0.39 is 5.97 Å². The highest BCUT2D eigenvalue weighted by Crippen LogP contribution is 2.38. The zero-order chi connectivity index (χ0) is 24.1. The van der Waals surface area contributed by atoms with Crippen LogP contribution in [0, 0.1) is 6.92 Å². The van der Waals surface area contributed by atoms with Gasteiger partial charge in [0.1, 0.15) is 10.8 Å². The molecule has 0 unspecified atom stereocenters. The summed E-state index contributed by atoms with van der Waals surface area (Å²) in [4.78, 5) is 26.4. The van der Waals surface area contributed by atoms with E-state index in [2.05, 4.69) is 12.2 Å². The first-order valence-corrected chi connectivity index (χ1v) is 11.9. The number of hydrogen-bond acceptors (Lipinski definition) is 7. The number of anilines is 1. The SMILES string of the molecule is CCCCOc1ccc(C(=O)Nc2sc(Cc3ccc4c(c3)OCO4)c(C)c2C(=O)OC)cc1. The Labute approximate surface area is 202 Å². The number of nitrogens with one attached hydrogen (secondary N) is 1. The highest BCUT2D eigenvalue weighted by atomic mass is 32.1. The van der Waals surface area contributed by atoms with Gasteiger partial charge >= 0.3 is 5.97 Å². The molecule has 2 heterocycles.